The quantitative estimate of drug-likeness (QED) is 0.0526. The molecule has 0 heterocycles. The molecule has 518 valence electrons. The third kappa shape index (κ3) is 41.1. The van der Waals surface area contributed by atoms with Gasteiger partial charge in [0.25, 0.3) is 0 Å². The molecule has 0 unspecified atom stereocenters. The molecular formula is C45H134O20Si21. The first-order chi connectivity index (χ1) is 36.7. The largest absolute Gasteiger partial charge is 0.437 e. The fourth-order valence-electron chi connectivity index (χ4n) is 12.5. The summed E-state index contributed by atoms with van der Waals surface area (Å²) < 4.78 is 137. The lowest BCUT2D eigenvalue weighted by atomic mass is 11.0. The Kier molecular flexibility index (Phi) is 31.4. The van der Waals surface area contributed by atoms with Crippen molar-refractivity contribution in [3.8, 4) is 0 Å². The van der Waals surface area contributed by atoms with Crippen molar-refractivity contribution >= 4 is 179 Å². The predicted octanol–water partition coefficient (Wildman–Crippen LogP) is 16.7. The van der Waals surface area contributed by atoms with Gasteiger partial charge in [0, 0.05) is 0 Å². The summed E-state index contributed by atoms with van der Waals surface area (Å²) in [7, 11) is -56.0. The van der Waals surface area contributed by atoms with Crippen molar-refractivity contribution in [2.45, 2.75) is 294 Å². The monoisotopic (exact) mass is 1580 g/mol. The van der Waals surface area contributed by atoms with E-state index in [-0.39, 0.29) is 0 Å². The Labute approximate surface area is 551 Å². The van der Waals surface area contributed by atoms with Crippen molar-refractivity contribution in [2.24, 2.45) is 0 Å². The lowest BCUT2D eigenvalue weighted by Crippen LogP contribution is -2.63. The molecule has 0 N–H and O–H groups in total. The van der Waals surface area contributed by atoms with Crippen molar-refractivity contribution in [1.29, 1.82) is 0 Å². The van der Waals surface area contributed by atoms with Gasteiger partial charge in [-0.3, -0.25) is 0 Å². The molecule has 0 amide bonds. The second-order valence-electron chi connectivity index (χ2n) is 32.9. The van der Waals surface area contributed by atoms with E-state index in [9.17, 15) is 0 Å². The van der Waals surface area contributed by atoms with Gasteiger partial charge in [-0.15, -0.1) is 0 Å². The molecule has 20 nitrogen and oxygen atoms in total. The Hall–Kier alpha value is 3.75. The van der Waals surface area contributed by atoms with E-state index in [1.807, 2.05) is 0 Å². The van der Waals surface area contributed by atoms with Crippen LogP contribution in [0.15, 0.2) is 0 Å². The van der Waals surface area contributed by atoms with Gasteiger partial charge in [0.05, 0.1) is 0 Å². The van der Waals surface area contributed by atoms with Crippen LogP contribution in [0, 0.1) is 0 Å². The molecule has 0 aliphatic heterocycles. The molecule has 41 heteroatoms. The Morgan fingerprint density at radius 3 is 0.291 bits per heavy atom. The van der Waals surface area contributed by atoms with Crippen LogP contribution in [0.2, 0.25) is 288 Å². The van der Waals surface area contributed by atoms with Gasteiger partial charge >= 0.3 is 163 Å². The summed E-state index contributed by atoms with van der Waals surface area (Å²) in [4.78, 5) is 0. The van der Waals surface area contributed by atoms with Gasteiger partial charge in [0.2, 0.25) is 0 Å². The van der Waals surface area contributed by atoms with Crippen LogP contribution in [0.5, 0.6) is 0 Å². The summed E-state index contributed by atoms with van der Waals surface area (Å²) in [5.74, 6) is 0. The van der Waals surface area contributed by atoms with Crippen molar-refractivity contribution < 1.29 is 82.3 Å². The molecule has 0 saturated carbocycles. The molecule has 0 saturated heterocycles. The molecule has 0 aromatic heterocycles. The lowest BCUT2D eigenvalue weighted by molar-refractivity contribution is 0.250. The maximum atomic E-state index is 6.96. The molecule has 0 radical (unpaired) electrons. The third-order valence-corrected chi connectivity index (χ3v) is 91.9. The first-order valence-electron chi connectivity index (χ1n) is 30.7. The van der Waals surface area contributed by atoms with Crippen LogP contribution in [-0.4, -0.2) is 179 Å². The summed E-state index contributed by atoms with van der Waals surface area (Å²) in [5.41, 5.74) is 0. The van der Waals surface area contributed by atoms with Gasteiger partial charge in [-0.2, -0.15) is 0 Å². The van der Waals surface area contributed by atoms with Crippen molar-refractivity contribution in [3.05, 3.63) is 0 Å². The normalized spacial score (nSPS) is 16.2. The van der Waals surface area contributed by atoms with E-state index >= 15 is 0 Å². The number of hydrogen-bond donors (Lipinski definition) is 0. The highest BCUT2D eigenvalue weighted by molar-refractivity contribution is 6.96. The van der Waals surface area contributed by atoms with E-state index in [0.717, 1.165) is 6.04 Å². The highest BCUT2D eigenvalue weighted by Crippen LogP contribution is 2.35. The van der Waals surface area contributed by atoms with Crippen LogP contribution in [-0.2, 0) is 82.3 Å². The van der Waals surface area contributed by atoms with Gasteiger partial charge in [-0.25, -0.2) is 0 Å². The minimum atomic E-state index is -2.87. The summed E-state index contributed by atoms with van der Waals surface area (Å²) in [5, 5.41) is 0. The molecule has 0 atom stereocenters. The second-order valence-corrected chi connectivity index (χ2v) is 111. The van der Waals surface area contributed by atoms with Gasteiger partial charge in [-0.1, -0.05) is 6.92 Å². The minimum Gasteiger partial charge on any atom is -0.437 e. The fourth-order valence-corrected chi connectivity index (χ4v) is 120. The maximum Gasteiger partial charge on any atom is 0.314 e. The molecule has 0 aliphatic carbocycles. The maximum absolute atomic E-state index is 6.96. The molecule has 0 rings (SSSR count). The SMILES string of the molecule is CC[Si](C)(C)O[Si](C)(C)O[Si](C)(C)O[Si](C)(C)O[Si](C)(C)O[Si](C)(C)O[Si](C)(C)O[Si](C)(C)O[Si](C)(C)O[Si](C)(C)O[Si](C)(C)O[Si](C)(C)O[Si](C)(C)O[Si](C)(C)O[Si](C)(C)O[Si](C)(C)O[Si](C)(C)O[Si](C)(C)O[Si](C)(C)O[Si](C)(C)O[Si](C)(C)C. The molecular weight excluding hydrogens is 1450 g/mol. The summed E-state index contributed by atoms with van der Waals surface area (Å²) >= 11 is 0. The standard InChI is InChI=1S/C45H134O20Si21/c1-45-67(5,6)47-69(9,10)49-71(13,14)51-73(17,18)53-75(21,22)55-77(25,26)57-79(29,30)59-81(33,34)61-83(37,38)63-85(41,42)65-86(43,44)64-84(39,40)62-82(35,36)60-80(31,32)58-78(27,28)56-76(23,24)54-74(19,20)52-72(15,16)50-70(11,12)48-68(7,8)46-66(2,3)4/h45H2,1-44H3. The molecule has 0 aliphatic rings. The van der Waals surface area contributed by atoms with E-state index in [0.29, 0.717) is 0 Å². The van der Waals surface area contributed by atoms with Gasteiger partial charge < -0.3 is 82.3 Å². The van der Waals surface area contributed by atoms with Crippen molar-refractivity contribution in [3.63, 3.8) is 0 Å². The zero-order valence-corrected chi connectivity index (χ0v) is 84.4. The van der Waals surface area contributed by atoms with Gasteiger partial charge in [-0.05, 0) is 288 Å². The first-order valence-corrected chi connectivity index (χ1v) is 90.8. The van der Waals surface area contributed by atoms with Crippen LogP contribution >= 0.6 is 0 Å². The fraction of sp³-hybridized carbons (Fsp3) is 1.00. The van der Waals surface area contributed by atoms with Crippen LogP contribution in [0.4, 0.5) is 0 Å². The Bertz CT molecular complexity index is 2150. The van der Waals surface area contributed by atoms with Crippen LogP contribution in [0.1, 0.15) is 6.92 Å². The van der Waals surface area contributed by atoms with E-state index in [4.69, 9.17) is 82.3 Å². The van der Waals surface area contributed by atoms with Gasteiger partial charge in [0.15, 0.2) is 16.6 Å². The summed E-state index contributed by atoms with van der Waals surface area (Å²) in [6.07, 6.45) is 0. The van der Waals surface area contributed by atoms with Crippen molar-refractivity contribution in [1.82, 2.24) is 0 Å². The second kappa shape index (κ2) is 30.1. The first kappa shape index (κ1) is 89.8. The molecule has 0 fully saturated rings. The number of rotatable bonds is 41. The van der Waals surface area contributed by atoms with Crippen molar-refractivity contribution in [2.75, 3.05) is 0 Å². The summed E-state index contributed by atoms with van der Waals surface area (Å²) in [6, 6.07) is 1.03. The molecule has 0 bridgehead atoms. The molecule has 0 aromatic rings. The highest BCUT2D eigenvalue weighted by Gasteiger charge is 2.55. The third-order valence-electron chi connectivity index (χ3n) is 10.8. The topological polar surface area (TPSA) is 185 Å². The van der Waals surface area contributed by atoms with E-state index < -0.39 is 179 Å². The average molecular weight is 1590 g/mol. The van der Waals surface area contributed by atoms with Crippen LogP contribution in [0.3, 0.4) is 0 Å². The lowest BCUT2D eigenvalue weighted by Gasteiger charge is -2.45. The average Bonchev–Trinajstić information content (AvgIpc) is 2.98. The minimum absolute atomic E-state index is 1.03. The predicted molar refractivity (Wildman–Crippen MR) is 405 cm³/mol. The number of hydrogen-bond acceptors (Lipinski definition) is 20. The highest BCUT2D eigenvalue weighted by atomic mass is 28.6. The van der Waals surface area contributed by atoms with E-state index in [2.05, 4.69) is 288 Å². The van der Waals surface area contributed by atoms with Gasteiger partial charge in [0.1, 0.15) is 0 Å². The Morgan fingerprint density at radius 2 is 0.209 bits per heavy atom. The van der Waals surface area contributed by atoms with Crippen LogP contribution < -0.4 is 0 Å². The Balaban J connectivity index is 5.84. The van der Waals surface area contributed by atoms with E-state index in [1.165, 1.54) is 0 Å². The zero-order chi connectivity index (χ0) is 69.3. The molecule has 0 spiro atoms. The Morgan fingerprint density at radius 1 is 0.128 bits per heavy atom. The molecule has 0 aromatic carbocycles. The zero-order valence-electron chi connectivity index (χ0n) is 63.4. The molecule has 86 heavy (non-hydrogen) atoms. The van der Waals surface area contributed by atoms with E-state index in [1.54, 1.807) is 0 Å². The summed E-state index contributed by atoms with van der Waals surface area (Å²) in [6.45, 7) is 91.9. The smallest absolute Gasteiger partial charge is 0.314 e. The van der Waals surface area contributed by atoms with Crippen LogP contribution in [0.25, 0.3) is 0 Å².